The van der Waals surface area contributed by atoms with Crippen LogP contribution in [0.5, 0.6) is 5.75 Å². The minimum Gasteiger partial charge on any atom is -0.497 e. The Morgan fingerprint density at radius 2 is 2.00 bits per heavy atom. The van der Waals surface area contributed by atoms with E-state index in [0.717, 1.165) is 28.3 Å². The lowest BCUT2D eigenvalue weighted by atomic mass is 10.1. The first-order valence-electron chi connectivity index (χ1n) is 6.50. The number of nitrogens with zero attached hydrogens (tertiary/aromatic N) is 1. The molecule has 0 atom stereocenters. The lowest BCUT2D eigenvalue weighted by molar-refractivity contribution is -0.120. The van der Waals surface area contributed by atoms with E-state index in [1.165, 1.54) is 0 Å². The number of nitrogens with one attached hydrogen (secondary N) is 2. The molecule has 1 aromatic heterocycles. The number of rotatable bonds is 5. The molecule has 2 aromatic rings. The van der Waals surface area contributed by atoms with Gasteiger partial charge < -0.3 is 10.1 Å². The second-order valence-electron chi connectivity index (χ2n) is 4.71. The first-order valence-corrected chi connectivity index (χ1v) is 6.50. The van der Waals surface area contributed by atoms with Gasteiger partial charge in [0.25, 0.3) is 0 Å². The average Bonchev–Trinajstić information content (AvgIpc) is 2.77. The van der Waals surface area contributed by atoms with Gasteiger partial charge in [0.15, 0.2) is 0 Å². The predicted octanol–water partition coefficient (Wildman–Crippen LogP) is 1.89. The Kier molecular flexibility index (Phi) is 4.40. The minimum atomic E-state index is -0.00448. The molecule has 0 aliphatic rings. The number of aromatic nitrogens is 2. The van der Waals surface area contributed by atoms with Gasteiger partial charge in [-0.15, -0.1) is 0 Å². The maximum absolute atomic E-state index is 11.9. The summed E-state index contributed by atoms with van der Waals surface area (Å²) in [4.78, 5) is 11.9. The fraction of sp³-hybridized carbons (Fsp3) is 0.333. The van der Waals surface area contributed by atoms with Gasteiger partial charge in [-0.1, -0.05) is 12.1 Å². The Labute approximate surface area is 118 Å². The Balaban J connectivity index is 1.89. The van der Waals surface area contributed by atoms with Crippen molar-refractivity contribution in [1.29, 1.82) is 0 Å². The predicted molar refractivity (Wildman–Crippen MR) is 76.6 cm³/mol. The fourth-order valence-electron chi connectivity index (χ4n) is 2.01. The number of aromatic amines is 1. The van der Waals surface area contributed by atoms with Crippen LogP contribution in [-0.2, 0) is 17.8 Å². The van der Waals surface area contributed by atoms with Crippen molar-refractivity contribution >= 4 is 5.91 Å². The van der Waals surface area contributed by atoms with E-state index in [2.05, 4.69) is 15.5 Å². The molecule has 0 fully saturated rings. The molecule has 0 aliphatic carbocycles. The third-order valence-corrected chi connectivity index (χ3v) is 3.27. The Bertz CT molecular complexity index is 568. The third kappa shape index (κ3) is 3.38. The van der Waals surface area contributed by atoms with Gasteiger partial charge in [0.1, 0.15) is 5.75 Å². The summed E-state index contributed by atoms with van der Waals surface area (Å²) in [5.74, 6) is 0.786. The monoisotopic (exact) mass is 273 g/mol. The van der Waals surface area contributed by atoms with Gasteiger partial charge in [0, 0.05) is 17.8 Å². The molecule has 5 nitrogen and oxygen atoms in total. The molecule has 0 radical (unpaired) electrons. The van der Waals surface area contributed by atoms with E-state index in [1.807, 2.05) is 38.1 Å². The molecule has 0 saturated heterocycles. The van der Waals surface area contributed by atoms with Gasteiger partial charge in [-0.05, 0) is 31.5 Å². The van der Waals surface area contributed by atoms with Crippen LogP contribution in [0.4, 0.5) is 0 Å². The summed E-state index contributed by atoms with van der Waals surface area (Å²) in [6.07, 6.45) is 0.361. The zero-order valence-corrected chi connectivity index (χ0v) is 12.0. The molecule has 0 spiro atoms. The van der Waals surface area contributed by atoms with Crippen molar-refractivity contribution in [2.24, 2.45) is 0 Å². The quantitative estimate of drug-likeness (QED) is 0.874. The van der Waals surface area contributed by atoms with Crippen LogP contribution in [0.3, 0.4) is 0 Å². The van der Waals surface area contributed by atoms with Crippen molar-refractivity contribution in [3.8, 4) is 5.75 Å². The van der Waals surface area contributed by atoms with Crippen molar-refractivity contribution in [2.75, 3.05) is 7.11 Å². The first kappa shape index (κ1) is 14.1. The maximum Gasteiger partial charge on any atom is 0.224 e. The van der Waals surface area contributed by atoms with Crippen molar-refractivity contribution in [1.82, 2.24) is 15.5 Å². The molecule has 0 bridgehead atoms. The number of ether oxygens (including phenoxy) is 1. The van der Waals surface area contributed by atoms with Crippen molar-refractivity contribution in [3.05, 3.63) is 46.8 Å². The second kappa shape index (κ2) is 6.23. The van der Waals surface area contributed by atoms with E-state index >= 15 is 0 Å². The largest absolute Gasteiger partial charge is 0.497 e. The zero-order valence-electron chi connectivity index (χ0n) is 12.0. The van der Waals surface area contributed by atoms with Crippen LogP contribution in [0, 0.1) is 13.8 Å². The van der Waals surface area contributed by atoms with Gasteiger partial charge in [0.05, 0.1) is 19.2 Å². The highest BCUT2D eigenvalue weighted by atomic mass is 16.5. The van der Waals surface area contributed by atoms with Gasteiger partial charge in [-0.3, -0.25) is 9.89 Å². The van der Waals surface area contributed by atoms with Gasteiger partial charge in [-0.2, -0.15) is 5.10 Å². The molecule has 0 aliphatic heterocycles. The number of hydrogen-bond acceptors (Lipinski definition) is 3. The lowest BCUT2D eigenvalue weighted by Crippen LogP contribution is -2.25. The number of carbonyl (C=O) groups excluding carboxylic acids is 1. The molecule has 5 heteroatoms. The number of H-pyrrole nitrogens is 1. The van der Waals surface area contributed by atoms with Crippen molar-refractivity contribution in [2.45, 2.75) is 26.8 Å². The SMILES string of the molecule is COc1ccc(CC(=O)NCc2c(C)n[nH]c2C)cc1. The number of amides is 1. The molecule has 1 amide bonds. The van der Waals surface area contributed by atoms with E-state index in [4.69, 9.17) is 4.74 Å². The topological polar surface area (TPSA) is 67.0 Å². The summed E-state index contributed by atoms with van der Waals surface area (Å²) in [5.41, 5.74) is 3.93. The highest BCUT2D eigenvalue weighted by molar-refractivity contribution is 5.78. The van der Waals surface area contributed by atoms with E-state index in [9.17, 15) is 4.79 Å². The van der Waals surface area contributed by atoms with Gasteiger partial charge in [0.2, 0.25) is 5.91 Å². The molecule has 2 N–H and O–H groups in total. The van der Waals surface area contributed by atoms with Crippen LogP contribution < -0.4 is 10.1 Å². The maximum atomic E-state index is 11.9. The first-order chi connectivity index (χ1) is 9.60. The van der Waals surface area contributed by atoms with Crippen molar-refractivity contribution < 1.29 is 9.53 Å². The lowest BCUT2D eigenvalue weighted by Gasteiger charge is -2.06. The average molecular weight is 273 g/mol. The van der Waals surface area contributed by atoms with Crippen LogP contribution in [0.2, 0.25) is 0 Å². The third-order valence-electron chi connectivity index (χ3n) is 3.27. The van der Waals surface area contributed by atoms with Crippen LogP contribution in [0.15, 0.2) is 24.3 Å². The van der Waals surface area contributed by atoms with Gasteiger partial charge in [-0.25, -0.2) is 0 Å². The molecule has 106 valence electrons. The highest BCUT2D eigenvalue weighted by Gasteiger charge is 2.08. The summed E-state index contributed by atoms with van der Waals surface area (Å²) < 4.78 is 5.09. The summed E-state index contributed by atoms with van der Waals surface area (Å²) in [5, 5.41) is 9.93. The van der Waals surface area contributed by atoms with E-state index in [-0.39, 0.29) is 5.91 Å². The molecule has 1 aromatic carbocycles. The number of hydrogen-bond donors (Lipinski definition) is 2. The molecule has 0 saturated carbocycles. The highest BCUT2D eigenvalue weighted by Crippen LogP contribution is 2.12. The number of methoxy groups -OCH3 is 1. The van der Waals surface area contributed by atoms with Crippen molar-refractivity contribution in [3.63, 3.8) is 0 Å². The molecule has 1 heterocycles. The number of aryl methyl sites for hydroxylation is 2. The molecule has 20 heavy (non-hydrogen) atoms. The van der Waals surface area contributed by atoms with Crippen LogP contribution in [0.1, 0.15) is 22.5 Å². The molecule has 2 rings (SSSR count). The van der Waals surface area contributed by atoms with E-state index < -0.39 is 0 Å². The Hall–Kier alpha value is -2.30. The van der Waals surface area contributed by atoms with Crippen LogP contribution >= 0.6 is 0 Å². The summed E-state index contributed by atoms with van der Waals surface area (Å²) >= 11 is 0. The van der Waals surface area contributed by atoms with E-state index in [0.29, 0.717) is 13.0 Å². The zero-order chi connectivity index (χ0) is 14.5. The van der Waals surface area contributed by atoms with Crippen LogP contribution in [0.25, 0.3) is 0 Å². The molecular formula is C15H19N3O2. The second-order valence-corrected chi connectivity index (χ2v) is 4.71. The Morgan fingerprint density at radius 3 is 2.55 bits per heavy atom. The molecular weight excluding hydrogens is 254 g/mol. The Morgan fingerprint density at radius 1 is 1.30 bits per heavy atom. The summed E-state index contributed by atoms with van der Waals surface area (Å²) in [6.45, 7) is 4.38. The summed E-state index contributed by atoms with van der Waals surface area (Å²) in [6, 6.07) is 7.50. The number of carbonyl (C=O) groups is 1. The summed E-state index contributed by atoms with van der Waals surface area (Å²) in [7, 11) is 1.62. The van der Waals surface area contributed by atoms with Crippen LogP contribution in [-0.4, -0.2) is 23.2 Å². The smallest absolute Gasteiger partial charge is 0.224 e. The standard InChI is InChI=1S/C15H19N3O2/c1-10-14(11(2)18-17-10)9-16-15(19)8-12-4-6-13(20-3)7-5-12/h4-7H,8-9H2,1-3H3,(H,16,19)(H,17,18). The number of benzene rings is 1. The minimum absolute atomic E-state index is 0.00448. The van der Waals surface area contributed by atoms with Gasteiger partial charge >= 0.3 is 0 Å². The fourth-order valence-corrected chi connectivity index (χ4v) is 2.01. The molecule has 0 unspecified atom stereocenters. The van der Waals surface area contributed by atoms with E-state index in [1.54, 1.807) is 7.11 Å². The normalized spacial score (nSPS) is 10.3.